The van der Waals surface area contributed by atoms with Gasteiger partial charge < -0.3 is 10.5 Å². The minimum Gasteiger partial charge on any atom is -0.497 e. The Labute approximate surface area is 126 Å². The molecule has 0 radical (unpaired) electrons. The van der Waals surface area contributed by atoms with Gasteiger partial charge in [0.1, 0.15) is 5.75 Å². The Morgan fingerprint density at radius 3 is 2.33 bits per heavy atom. The van der Waals surface area contributed by atoms with Gasteiger partial charge in [-0.2, -0.15) is 5.10 Å². The summed E-state index contributed by atoms with van der Waals surface area (Å²) in [6.45, 7) is 6.31. The molecule has 4 heteroatoms. The van der Waals surface area contributed by atoms with Crippen LogP contribution in [-0.2, 0) is 12.8 Å². The molecule has 0 aliphatic rings. The first kappa shape index (κ1) is 15.6. The number of aromatic nitrogens is 2. The van der Waals surface area contributed by atoms with Gasteiger partial charge in [0.05, 0.1) is 18.8 Å². The molecule has 1 aromatic heterocycles. The van der Waals surface area contributed by atoms with Crippen LogP contribution in [-0.4, -0.2) is 22.9 Å². The molecule has 21 heavy (non-hydrogen) atoms. The number of methoxy groups -OCH3 is 1. The molecule has 0 fully saturated rings. The Morgan fingerprint density at radius 1 is 1.19 bits per heavy atom. The van der Waals surface area contributed by atoms with Crippen LogP contribution >= 0.6 is 0 Å². The quantitative estimate of drug-likeness (QED) is 0.888. The van der Waals surface area contributed by atoms with Gasteiger partial charge >= 0.3 is 0 Å². The number of aryl methyl sites for hydroxylation is 2. The molecule has 2 N–H and O–H groups in total. The van der Waals surface area contributed by atoms with Crippen molar-refractivity contribution in [2.45, 2.75) is 45.7 Å². The first-order chi connectivity index (χ1) is 10.1. The van der Waals surface area contributed by atoms with Gasteiger partial charge in [-0.25, -0.2) is 0 Å². The molecule has 0 saturated heterocycles. The third-order valence-corrected chi connectivity index (χ3v) is 3.81. The molecule has 0 aliphatic heterocycles. The van der Waals surface area contributed by atoms with E-state index in [1.807, 2.05) is 19.1 Å². The SMILES string of the molecule is CCc1cc(CC)n(C(c2ccc(OC)cc2)C(C)N)n1. The maximum absolute atomic E-state index is 6.25. The van der Waals surface area contributed by atoms with Crippen LogP contribution in [0.15, 0.2) is 30.3 Å². The van der Waals surface area contributed by atoms with Gasteiger partial charge in [0.25, 0.3) is 0 Å². The van der Waals surface area contributed by atoms with Crippen LogP contribution in [0, 0.1) is 0 Å². The van der Waals surface area contributed by atoms with E-state index >= 15 is 0 Å². The number of nitrogens with two attached hydrogens (primary N) is 1. The minimum absolute atomic E-state index is 0.0201. The fraction of sp³-hybridized carbons (Fsp3) is 0.471. The van der Waals surface area contributed by atoms with Crippen LogP contribution in [0.4, 0.5) is 0 Å². The van der Waals surface area contributed by atoms with Crippen molar-refractivity contribution < 1.29 is 4.74 Å². The van der Waals surface area contributed by atoms with Crippen LogP contribution in [0.5, 0.6) is 5.75 Å². The highest BCUT2D eigenvalue weighted by atomic mass is 16.5. The van der Waals surface area contributed by atoms with E-state index in [4.69, 9.17) is 15.6 Å². The predicted octanol–water partition coefficient (Wildman–Crippen LogP) is 2.95. The molecule has 0 bridgehead atoms. The van der Waals surface area contributed by atoms with E-state index in [-0.39, 0.29) is 12.1 Å². The smallest absolute Gasteiger partial charge is 0.118 e. The molecule has 4 nitrogen and oxygen atoms in total. The predicted molar refractivity (Wildman–Crippen MR) is 85.8 cm³/mol. The molecule has 2 unspecified atom stereocenters. The van der Waals surface area contributed by atoms with E-state index in [1.54, 1.807) is 7.11 Å². The largest absolute Gasteiger partial charge is 0.497 e. The highest BCUT2D eigenvalue weighted by molar-refractivity contribution is 5.31. The topological polar surface area (TPSA) is 53.1 Å². The average Bonchev–Trinajstić information content (AvgIpc) is 2.91. The number of nitrogens with zero attached hydrogens (tertiary/aromatic N) is 2. The average molecular weight is 287 g/mol. The highest BCUT2D eigenvalue weighted by Crippen LogP contribution is 2.25. The molecular formula is C17H25N3O. The zero-order valence-corrected chi connectivity index (χ0v) is 13.3. The Balaban J connectivity index is 2.44. The monoisotopic (exact) mass is 287 g/mol. The van der Waals surface area contributed by atoms with Gasteiger partial charge in [0.15, 0.2) is 0 Å². The van der Waals surface area contributed by atoms with Gasteiger partial charge in [-0.05, 0) is 43.5 Å². The van der Waals surface area contributed by atoms with Gasteiger partial charge in [-0.3, -0.25) is 4.68 Å². The summed E-state index contributed by atoms with van der Waals surface area (Å²) >= 11 is 0. The number of benzene rings is 1. The van der Waals surface area contributed by atoms with E-state index in [9.17, 15) is 0 Å². The Hall–Kier alpha value is -1.81. The van der Waals surface area contributed by atoms with Gasteiger partial charge in [-0.1, -0.05) is 26.0 Å². The molecule has 2 aromatic rings. The maximum atomic E-state index is 6.25. The maximum Gasteiger partial charge on any atom is 0.118 e. The molecule has 1 heterocycles. The first-order valence-electron chi connectivity index (χ1n) is 7.57. The van der Waals surface area contributed by atoms with Crippen molar-refractivity contribution in [2.75, 3.05) is 7.11 Å². The van der Waals surface area contributed by atoms with Crippen LogP contribution in [0.2, 0.25) is 0 Å². The minimum atomic E-state index is -0.0201. The summed E-state index contributed by atoms with van der Waals surface area (Å²) in [5, 5.41) is 4.75. The Kier molecular flexibility index (Phi) is 5.02. The van der Waals surface area contributed by atoms with E-state index in [2.05, 4.69) is 36.7 Å². The summed E-state index contributed by atoms with van der Waals surface area (Å²) < 4.78 is 7.32. The standard InChI is InChI=1S/C17H25N3O/c1-5-14-11-15(6-2)20(19-14)17(12(3)18)13-7-9-16(21-4)10-8-13/h7-12,17H,5-6,18H2,1-4H3. The van der Waals surface area contributed by atoms with Crippen LogP contribution < -0.4 is 10.5 Å². The molecule has 0 amide bonds. The van der Waals surface area contributed by atoms with Crippen LogP contribution in [0.1, 0.15) is 43.8 Å². The number of ether oxygens (including phenoxy) is 1. The molecule has 1 aromatic carbocycles. The summed E-state index contributed by atoms with van der Waals surface area (Å²) in [4.78, 5) is 0. The van der Waals surface area contributed by atoms with E-state index < -0.39 is 0 Å². The lowest BCUT2D eigenvalue weighted by atomic mass is 10.0. The van der Waals surface area contributed by atoms with Crippen molar-refractivity contribution in [1.82, 2.24) is 9.78 Å². The van der Waals surface area contributed by atoms with Gasteiger partial charge in [0.2, 0.25) is 0 Å². The number of hydrogen-bond donors (Lipinski definition) is 1. The van der Waals surface area contributed by atoms with Crippen molar-refractivity contribution >= 4 is 0 Å². The molecular weight excluding hydrogens is 262 g/mol. The van der Waals surface area contributed by atoms with E-state index in [0.717, 1.165) is 29.8 Å². The highest BCUT2D eigenvalue weighted by Gasteiger charge is 2.22. The van der Waals surface area contributed by atoms with Crippen molar-refractivity contribution in [3.8, 4) is 5.75 Å². The zero-order chi connectivity index (χ0) is 15.4. The number of hydrogen-bond acceptors (Lipinski definition) is 3. The molecule has 0 spiro atoms. The number of rotatable bonds is 6. The van der Waals surface area contributed by atoms with Crippen molar-refractivity contribution in [3.63, 3.8) is 0 Å². The third-order valence-electron chi connectivity index (χ3n) is 3.81. The summed E-state index contributed by atoms with van der Waals surface area (Å²) in [7, 11) is 1.67. The second kappa shape index (κ2) is 6.76. The van der Waals surface area contributed by atoms with Crippen LogP contribution in [0.3, 0.4) is 0 Å². The third kappa shape index (κ3) is 3.27. The Morgan fingerprint density at radius 2 is 1.86 bits per heavy atom. The molecule has 0 saturated carbocycles. The normalized spacial score (nSPS) is 14.0. The fourth-order valence-corrected chi connectivity index (χ4v) is 2.64. The second-order valence-corrected chi connectivity index (χ2v) is 5.36. The summed E-state index contributed by atoms with van der Waals surface area (Å²) in [5.74, 6) is 0.854. The fourth-order valence-electron chi connectivity index (χ4n) is 2.64. The lowest BCUT2D eigenvalue weighted by molar-refractivity contribution is 0.412. The van der Waals surface area contributed by atoms with E-state index in [1.165, 1.54) is 5.69 Å². The first-order valence-corrected chi connectivity index (χ1v) is 7.57. The zero-order valence-electron chi connectivity index (χ0n) is 13.3. The molecule has 114 valence electrons. The van der Waals surface area contributed by atoms with Crippen molar-refractivity contribution in [3.05, 3.63) is 47.3 Å². The van der Waals surface area contributed by atoms with Gasteiger partial charge in [0, 0.05) is 11.7 Å². The van der Waals surface area contributed by atoms with Crippen LogP contribution in [0.25, 0.3) is 0 Å². The van der Waals surface area contributed by atoms with Gasteiger partial charge in [-0.15, -0.1) is 0 Å². The second-order valence-electron chi connectivity index (χ2n) is 5.36. The molecule has 0 aliphatic carbocycles. The lowest BCUT2D eigenvalue weighted by Gasteiger charge is -2.24. The Bertz CT molecular complexity index is 572. The van der Waals surface area contributed by atoms with E-state index in [0.29, 0.717) is 0 Å². The summed E-state index contributed by atoms with van der Waals surface area (Å²) in [6.07, 6.45) is 1.89. The summed E-state index contributed by atoms with van der Waals surface area (Å²) in [5.41, 5.74) is 9.76. The van der Waals surface area contributed by atoms with Crippen molar-refractivity contribution in [2.24, 2.45) is 5.73 Å². The van der Waals surface area contributed by atoms with Crippen molar-refractivity contribution in [1.29, 1.82) is 0 Å². The molecule has 2 rings (SSSR count). The lowest BCUT2D eigenvalue weighted by Crippen LogP contribution is -2.32. The summed E-state index contributed by atoms with van der Waals surface area (Å²) in [6, 6.07) is 10.3. The molecule has 2 atom stereocenters.